The third kappa shape index (κ3) is 1.95. The van der Waals surface area contributed by atoms with Gasteiger partial charge in [-0.2, -0.15) is 0 Å². The largest absolute Gasteiger partial charge is 0.330 e. The standard InChI is InChI=1S/C12H16F2N2/c1-16-3-2-12(7-15,8-16)9-4-10(13)6-11(14)5-9/h4-6H,2-3,7-8,15H2,1H3. The molecule has 1 aromatic carbocycles. The van der Waals surface area contributed by atoms with Gasteiger partial charge in [-0.25, -0.2) is 8.78 Å². The van der Waals surface area contributed by atoms with Crippen molar-refractivity contribution in [2.24, 2.45) is 5.73 Å². The number of halogens is 2. The molecule has 0 aliphatic carbocycles. The second-order valence-electron chi connectivity index (χ2n) is 4.63. The molecule has 1 saturated heterocycles. The van der Waals surface area contributed by atoms with Crippen LogP contribution < -0.4 is 5.73 Å². The summed E-state index contributed by atoms with van der Waals surface area (Å²) >= 11 is 0. The Balaban J connectivity index is 2.40. The Morgan fingerprint density at radius 1 is 1.31 bits per heavy atom. The van der Waals surface area contributed by atoms with Gasteiger partial charge in [0.15, 0.2) is 0 Å². The molecule has 1 aliphatic heterocycles. The molecule has 0 amide bonds. The smallest absolute Gasteiger partial charge is 0.126 e. The molecule has 0 bridgehead atoms. The van der Waals surface area contributed by atoms with Crippen molar-refractivity contribution in [3.63, 3.8) is 0 Å². The third-order valence-corrected chi connectivity index (χ3v) is 3.41. The molecule has 1 atom stereocenters. The summed E-state index contributed by atoms with van der Waals surface area (Å²) in [5.74, 6) is -1.06. The van der Waals surface area contributed by atoms with Crippen LogP contribution in [0.3, 0.4) is 0 Å². The quantitative estimate of drug-likeness (QED) is 0.828. The van der Waals surface area contributed by atoms with Crippen molar-refractivity contribution in [2.45, 2.75) is 11.8 Å². The fourth-order valence-electron chi connectivity index (χ4n) is 2.46. The van der Waals surface area contributed by atoms with Gasteiger partial charge in [-0.15, -0.1) is 0 Å². The molecule has 88 valence electrons. The maximum absolute atomic E-state index is 13.2. The molecule has 16 heavy (non-hydrogen) atoms. The molecule has 0 saturated carbocycles. The number of benzene rings is 1. The fourth-order valence-corrected chi connectivity index (χ4v) is 2.46. The van der Waals surface area contributed by atoms with Gasteiger partial charge in [0.05, 0.1) is 0 Å². The highest BCUT2D eigenvalue weighted by Gasteiger charge is 2.37. The second-order valence-corrected chi connectivity index (χ2v) is 4.63. The Bertz CT molecular complexity index is 374. The van der Waals surface area contributed by atoms with Gasteiger partial charge in [0.25, 0.3) is 0 Å². The Morgan fingerprint density at radius 3 is 2.38 bits per heavy atom. The van der Waals surface area contributed by atoms with Crippen LogP contribution in [0.1, 0.15) is 12.0 Å². The maximum atomic E-state index is 13.2. The third-order valence-electron chi connectivity index (χ3n) is 3.41. The first kappa shape index (κ1) is 11.5. The first-order valence-electron chi connectivity index (χ1n) is 5.41. The summed E-state index contributed by atoms with van der Waals surface area (Å²) in [6.45, 7) is 2.09. The van der Waals surface area contributed by atoms with Crippen molar-refractivity contribution in [1.29, 1.82) is 0 Å². The number of nitrogens with two attached hydrogens (primary N) is 1. The van der Waals surface area contributed by atoms with Crippen LogP contribution in [0.25, 0.3) is 0 Å². The molecule has 0 radical (unpaired) electrons. The highest BCUT2D eigenvalue weighted by atomic mass is 19.1. The predicted molar refractivity (Wildman–Crippen MR) is 59.2 cm³/mol. The van der Waals surface area contributed by atoms with E-state index < -0.39 is 11.6 Å². The number of likely N-dealkylation sites (tertiary alicyclic amines) is 1. The summed E-state index contributed by atoms with van der Waals surface area (Å²) in [4.78, 5) is 2.13. The number of hydrogen-bond acceptors (Lipinski definition) is 2. The molecular weight excluding hydrogens is 210 g/mol. The van der Waals surface area contributed by atoms with Gasteiger partial charge in [-0.3, -0.25) is 0 Å². The normalized spacial score (nSPS) is 26.2. The minimum Gasteiger partial charge on any atom is -0.330 e. The van der Waals surface area contributed by atoms with E-state index in [1.54, 1.807) is 0 Å². The predicted octanol–water partition coefficient (Wildman–Crippen LogP) is 1.50. The second kappa shape index (κ2) is 4.11. The summed E-state index contributed by atoms with van der Waals surface area (Å²) in [5, 5.41) is 0. The van der Waals surface area contributed by atoms with Gasteiger partial charge >= 0.3 is 0 Å². The molecule has 1 fully saturated rings. The van der Waals surface area contributed by atoms with Gasteiger partial charge in [0, 0.05) is 24.6 Å². The number of likely N-dealkylation sites (N-methyl/N-ethyl adjacent to an activating group) is 1. The lowest BCUT2D eigenvalue weighted by Crippen LogP contribution is -2.37. The van der Waals surface area contributed by atoms with Crippen LogP contribution in [-0.2, 0) is 5.41 Å². The van der Waals surface area contributed by atoms with E-state index in [0.29, 0.717) is 12.1 Å². The molecule has 1 heterocycles. The number of rotatable bonds is 2. The Hall–Kier alpha value is -1.00. The van der Waals surface area contributed by atoms with Crippen LogP contribution in [0.4, 0.5) is 8.78 Å². The van der Waals surface area contributed by atoms with Crippen molar-refractivity contribution in [3.8, 4) is 0 Å². The minimum absolute atomic E-state index is 0.294. The number of hydrogen-bond donors (Lipinski definition) is 1. The molecule has 1 unspecified atom stereocenters. The van der Waals surface area contributed by atoms with Crippen LogP contribution in [0.5, 0.6) is 0 Å². The Morgan fingerprint density at radius 2 is 1.94 bits per heavy atom. The summed E-state index contributed by atoms with van der Waals surface area (Å²) in [7, 11) is 1.99. The van der Waals surface area contributed by atoms with E-state index in [-0.39, 0.29) is 5.41 Å². The van der Waals surface area contributed by atoms with Crippen molar-refractivity contribution >= 4 is 0 Å². The van der Waals surface area contributed by atoms with E-state index >= 15 is 0 Å². The molecular formula is C12H16F2N2. The van der Waals surface area contributed by atoms with Crippen LogP contribution in [0.15, 0.2) is 18.2 Å². The molecule has 4 heteroatoms. The molecule has 1 aromatic rings. The average molecular weight is 226 g/mol. The van der Waals surface area contributed by atoms with Crippen LogP contribution >= 0.6 is 0 Å². The van der Waals surface area contributed by atoms with Crippen LogP contribution in [0, 0.1) is 11.6 Å². The lowest BCUT2D eigenvalue weighted by atomic mass is 9.79. The monoisotopic (exact) mass is 226 g/mol. The lowest BCUT2D eigenvalue weighted by Gasteiger charge is -2.28. The van der Waals surface area contributed by atoms with Gasteiger partial charge < -0.3 is 10.6 Å². The first-order valence-corrected chi connectivity index (χ1v) is 5.41. The zero-order valence-electron chi connectivity index (χ0n) is 9.34. The zero-order valence-corrected chi connectivity index (χ0v) is 9.34. The van der Waals surface area contributed by atoms with E-state index in [9.17, 15) is 8.78 Å². The van der Waals surface area contributed by atoms with Crippen molar-refractivity contribution < 1.29 is 8.78 Å². The van der Waals surface area contributed by atoms with E-state index in [4.69, 9.17) is 5.73 Å². The van der Waals surface area contributed by atoms with Crippen LogP contribution in [0.2, 0.25) is 0 Å². The Kier molecular flexibility index (Phi) is 2.95. The number of nitrogens with zero attached hydrogens (tertiary/aromatic N) is 1. The van der Waals surface area contributed by atoms with Crippen molar-refractivity contribution in [1.82, 2.24) is 4.90 Å². The summed E-state index contributed by atoms with van der Waals surface area (Å²) in [6, 6.07) is 3.69. The van der Waals surface area contributed by atoms with E-state index in [1.807, 2.05) is 7.05 Å². The van der Waals surface area contributed by atoms with E-state index in [1.165, 1.54) is 12.1 Å². The zero-order chi connectivity index (χ0) is 11.8. The van der Waals surface area contributed by atoms with E-state index in [0.717, 1.165) is 25.6 Å². The van der Waals surface area contributed by atoms with Crippen molar-refractivity contribution in [3.05, 3.63) is 35.4 Å². The minimum atomic E-state index is -0.530. The lowest BCUT2D eigenvalue weighted by molar-refractivity contribution is 0.370. The molecule has 2 nitrogen and oxygen atoms in total. The van der Waals surface area contributed by atoms with Gasteiger partial charge in [0.2, 0.25) is 0 Å². The molecule has 0 spiro atoms. The van der Waals surface area contributed by atoms with Gasteiger partial charge in [-0.05, 0) is 37.7 Å². The Labute approximate surface area is 94.0 Å². The van der Waals surface area contributed by atoms with Gasteiger partial charge in [-0.1, -0.05) is 0 Å². The van der Waals surface area contributed by atoms with Crippen molar-refractivity contribution in [2.75, 3.05) is 26.7 Å². The average Bonchev–Trinajstić information content (AvgIpc) is 2.60. The van der Waals surface area contributed by atoms with Gasteiger partial charge in [0.1, 0.15) is 11.6 Å². The fraction of sp³-hybridized carbons (Fsp3) is 0.500. The summed E-state index contributed by atoms with van der Waals surface area (Å²) < 4.78 is 26.4. The highest BCUT2D eigenvalue weighted by Crippen LogP contribution is 2.33. The SMILES string of the molecule is CN1CCC(CN)(c2cc(F)cc(F)c2)C1. The summed E-state index contributed by atoms with van der Waals surface area (Å²) in [6.07, 6.45) is 0.850. The van der Waals surface area contributed by atoms with Crippen LogP contribution in [-0.4, -0.2) is 31.6 Å². The molecule has 2 rings (SSSR count). The highest BCUT2D eigenvalue weighted by molar-refractivity contribution is 5.29. The van der Waals surface area contributed by atoms with E-state index in [2.05, 4.69) is 4.90 Å². The molecule has 2 N–H and O–H groups in total. The first-order chi connectivity index (χ1) is 7.55. The molecule has 1 aliphatic rings. The molecule has 0 aromatic heterocycles. The summed E-state index contributed by atoms with van der Waals surface area (Å²) in [5.41, 5.74) is 6.18. The topological polar surface area (TPSA) is 29.3 Å². The maximum Gasteiger partial charge on any atom is 0.126 e.